The van der Waals surface area contributed by atoms with Gasteiger partial charge in [0.1, 0.15) is 11.2 Å². The van der Waals surface area contributed by atoms with Gasteiger partial charge in [-0.3, -0.25) is 0 Å². The number of nitrogens with zero attached hydrogens (tertiary/aromatic N) is 2. The summed E-state index contributed by atoms with van der Waals surface area (Å²) in [6, 6.07) is 49.5. The molecular weight excluding hydrogens is 595 g/mol. The first-order valence-electron chi connectivity index (χ1n) is 17.1. The van der Waals surface area contributed by atoms with Crippen molar-refractivity contribution >= 4 is 94.1 Å². The van der Waals surface area contributed by atoms with Gasteiger partial charge in [-0.15, -0.1) is 0 Å². The minimum absolute atomic E-state index is 0.00506. The maximum Gasteiger partial charge on any atom is 0.333 e. The Morgan fingerprint density at radius 1 is 0.571 bits per heavy atom. The molecule has 0 N–H and O–H groups in total. The average Bonchev–Trinajstić information content (AvgIpc) is 3.82. The fourth-order valence-corrected chi connectivity index (χ4v) is 9.95. The number of rotatable bonds is 1. The summed E-state index contributed by atoms with van der Waals surface area (Å²) in [5.41, 5.74) is 17.5. The first-order valence-corrected chi connectivity index (χ1v) is 17.1. The summed E-state index contributed by atoms with van der Waals surface area (Å²) in [7, 11) is 0. The van der Waals surface area contributed by atoms with Crippen molar-refractivity contribution in [3.05, 3.63) is 139 Å². The Bertz CT molecular complexity index is 3290. The largest absolute Gasteiger partial charge is 0.455 e. The van der Waals surface area contributed by atoms with Crippen LogP contribution in [0, 0.1) is 6.92 Å². The predicted octanol–water partition coefficient (Wildman–Crippen LogP) is 10.3. The average molecular weight is 621 g/mol. The van der Waals surface area contributed by atoms with Gasteiger partial charge in [-0.2, -0.15) is 0 Å². The van der Waals surface area contributed by atoms with Gasteiger partial charge in [0, 0.05) is 49.2 Å². The minimum Gasteiger partial charge on any atom is -0.455 e. The van der Waals surface area contributed by atoms with Crippen molar-refractivity contribution in [3.63, 3.8) is 0 Å². The first-order chi connectivity index (χ1) is 24.3. The second-order valence-electron chi connectivity index (χ2n) is 14.0. The molecule has 224 valence electrons. The van der Waals surface area contributed by atoms with Crippen molar-refractivity contribution in [1.82, 2.24) is 9.05 Å². The molecule has 0 aliphatic carbocycles. The van der Waals surface area contributed by atoms with Crippen LogP contribution >= 0.6 is 0 Å². The van der Waals surface area contributed by atoms with Crippen LogP contribution in [-0.4, -0.2) is 15.9 Å². The summed E-state index contributed by atoms with van der Waals surface area (Å²) in [5.74, 6) is 0. The molecule has 5 heterocycles. The number of fused-ring (bicyclic) bond motifs is 12. The monoisotopic (exact) mass is 620 g/mol. The molecule has 0 saturated carbocycles. The Hall–Kier alpha value is -6.26. The lowest BCUT2D eigenvalue weighted by atomic mass is 9.45. The molecule has 3 aromatic heterocycles. The van der Waals surface area contributed by atoms with Crippen LogP contribution in [-0.2, 0) is 0 Å². The summed E-state index contributed by atoms with van der Waals surface area (Å²) in [4.78, 5) is 0. The van der Waals surface area contributed by atoms with E-state index in [4.69, 9.17) is 4.42 Å². The molecule has 0 radical (unpaired) electrons. The Balaban J connectivity index is 1.34. The van der Waals surface area contributed by atoms with E-state index in [2.05, 4.69) is 149 Å². The van der Waals surface area contributed by atoms with Gasteiger partial charge in [0.15, 0.2) is 0 Å². The van der Waals surface area contributed by atoms with E-state index in [1.54, 1.807) is 0 Å². The van der Waals surface area contributed by atoms with Gasteiger partial charge in [-0.25, -0.2) is 0 Å². The maximum atomic E-state index is 6.79. The highest BCUT2D eigenvalue weighted by atomic mass is 16.3. The van der Waals surface area contributed by atoms with E-state index in [-0.39, 0.29) is 6.85 Å². The van der Waals surface area contributed by atoms with Gasteiger partial charge in [-0.1, -0.05) is 103 Å². The van der Waals surface area contributed by atoms with Gasteiger partial charge in [0.2, 0.25) is 0 Å². The van der Waals surface area contributed by atoms with E-state index in [0.717, 1.165) is 16.6 Å². The fraction of sp³-hybridized carbons (Fsp3) is 0.0222. The van der Waals surface area contributed by atoms with Crippen LogP contribution < -0.4 is 10.9 Å². The van der Waals surface area contributed by atoms with Crippen molar-refractivity contribution in [2.75, 3.05) is 0 Å². The van der Waals surface area contributed by atoms with Gasteiger partial charge < -0.3 is 13.5 Å². The fourth-order valence-electron chi connectivity index (χ4n) is 9.95. The number of hydrogen-bond acceptors (Lipinski definition) is 1. The summed E-state index contributed by atoms with van der Waals surface area (Å²) in [5, 5.41) is 10.1. The standard InChI is InChI=1S/C45H25BN2O/c1-24-30(25-10-3-2-4-11-25)23-36-42-38(24)32-22-31-28-13-6-8-17-37(28)49-45(31)41-29-14-5-7-15-34(29)48(43(32)41)46(42)33-21-20-27-19-18-26-12-9-16-35-39(26)40(27)44(33)47(35)36/h2-23H,1H3. The van der Waals surface area contributed by atoms with E-state index in [1.807, 2.05) is 0 Å². The predicted molar refractivity (Wildman–Crippen MR) is 206 cm³/mol. The Morgan fingerprint density at radius 3 is 2.22 bits per heavy atom. The number of para-hydroxylation sites is 2. The molecule has 2 aliphatic heterocycles. The normalized spacial score (nSPS) is 13.4. The molecule has 13 rings (SSSR count). The molecular formula is C45H25BN2O. The van der Waals surface area contributed by atoms with E-state index in [9.17, 15) is 0 Å². The van der Waals surface area contributed by atoms with Crippen molar-refractivity contribution in [2.24, 2.45) is 0 Å². The molecule has 4 heteroatoms. The third-order valence-electron chi connectivity index (χ3n) is 11.8. The molecule has 0 bridgehead atoms. The van der Waals surface area contributed by atoms with Gasteiger partial charge in [0.25, 0.3) is 0 Å². The van der Waals surface area contributed by atoms with Crippen molar-refractivity contribution in [3.8, 4) is 27.9 Å². The van der Waals surface area contributed by atoms with Crippen molar-refractivity contribution < 1.29 is 4.42 Å². The molecule has 0 atom stereocenters. The number of benzene rings is 8. The van der Waals surface area contributed by atoms with Gasteiger partial charge in [0.05, 0.1) is 16.4 Å². The molecule has 0 amide bonds. The zero-order chi connectivity index (χ0) is 31.7. The quantitative estimate of drug-likeness (QED) is 0.132. The third-order valence-corrected chi connectivity index (χ3v) is 11.8. The first kappa shape index (κ1) is 24.9. The van der Waals surface area contributed by atoms with Crippen LogP contribution in [0.15, 0.2) is 138 Å². The maximum absolute atomic E-state index is 6.79. The van der Waals surface area contributed by atoms with E-state index in [1.165, 1.54) is 104 Å². The Labute approximate surface area is 280 Å². The number of aromatic nitrogens is 2. The summed E-state index contributed by atoms with van der Waals surface area (Å²) >= 11 is 0. The van der Waals surface area contributed by atoms with Gasteiger partial charge >= 0.3 is 6.85 Å². The van der Waals surface area contributed by atoms with E-state index < -0.39 is 0 Å². The second kappa shape index (κ2) is 8.23. The lowest BCUT2D eigenvalue weighted by Gasteiger charge is -2.35. The van der Waals surface area contributed by atoms with Crippen molar-refractivity contribution in [1.29, 1.82) is 0 Å². The summed E-state index contributed by atoms with van der Waals surface area (Å²) in [6.07, 6.45) is 0. The SMILES string of the molecule is Cc1c(-c2ccccc2)cc2c3c1-c1cc4c5ccccc5oc4c4c5ccccc5n(c14)B3c1ccc3ccc4cccc5c4c3c1n5-2. The van der Waals surface area contributed by atoms with Crippen LogP contribution in [0.4, 0.5) is 0 Å². The molecule has 0 saturated heterocycles. The molecule has 0 unspecified atom stereocenters. The Kier molecular flexibility index (Phi) is 4.18. The highest BCUT2D eigenvalue weighted by molar-refractivity contribution is 6.90. The molecule has 11 aromatic rings. The second-order valence-corrected chi connectivity index (χ2v) is 14.0. The molecule has 0 spiro atoms. The van der Waals surface area contributed by atoms with E-state index in [0.29, 0.717) is 0 Å². The molecule has 49 heavy (non-hydrogen) atoms. The highest BCUT2D eigenvalue weighted by Gasteiger charge is 2.43. The topological polar surface area (TPSA) is 23.0 Å². The zero-order valence-electron chi connectivity index (χ0n) is 26.6. The number of hydrogen-bond donors (Lipinski definition) is 0. The molecule has 0 fully saturated rings. The summed E-state index contributed by atoms with van der Waals surface area (Å²) < 4.78 is 12.0. The molecule has 3 nitrogen and oxygen atoms in total. The number of furan rings is 1. The zero-order valence-corrected chi connectivity index (χ0v) is 26.6. The molecule has 2 aliphatic rings. The lowest BCUT2D eigenvalue weighted by Crippen LogP contribution is -2.55. The summed E-state index contributed by atoms with van der Waals surface area (Å²) in [6.45, 7) is 2.35. The van der Waals surface area contributed by atoms with Crippen molar-refractivity contribution in [2.45, 2.75) is 6.92 Å². The highest BCUT2D eigenvalue weighted by Crippen LogP contribution is 2.50. The van der Waals surface area contributed by atoms with Gasteiger partial charge in [-0.05, 0) is 81.2 Å². The van der Waals surface area contributed by atoms with Crippen LogP contribution in [0.25, 0.3) is 104 Å². The third kappa shape index (κ3) is 2.72. The van der Waals surface area contributed by atoms with Crippen LogP contribution in [0.5, 0.6) is 0 Å². The van der Waals surface area contributed by atoms with Crippen LogP contribution in [0.3, 0.4) is 0 Å². The lowest BCUT2D eigenvalue weighted by molar-refractivity contribution is 0.673. The van der Waals surface area contributed by atoms with Crippen LogP contribution in [0.1, 0.15) is 5.56 Å². The molecule has 8 aromatic carbocycles. The van der Waals surface area contributed by atoms with Crippen LogP contribution in [0.2, 0.25) is 0 Å². The Morgan fingerprint density at radius 2 is 1.33 bits per heavy atom. The smallest absolute Gasteiger partial charge is 0.333 e. The van der Waals surface area contributed by atoms with E-state index >= 15 is 0 Å². The minimum atomic E-state index is 0.00506.